The van der Waals surface area contributed by atoms with Gasteiger partial charge < -0.3 is 34.7 Å². The molecule has 0 radical (unpaired) electrons. The highest BCUT2D eigenvalue weighted by atomic mass is 16.7. The van der Waals surface area contributed by atoms with Gasteiger partial charge in [-0.1, -0.05) is 12.1 Å². The van der Waals surface area contributed by atoms with Crippen LogP contribution in [0, 0.1) is 0 Å². The second-order valence-electron chi connectivity index (χ2n) is 8.03. The Balaban J connectivity index is 1.25. The Morgan fingerprint density at radius 3 is 2.64 bits per heavy atom. The van der Waals surface area contributed by atoms with Crippen molar-refractivity contribution in [2.45, 2.75) is 44.1 Å². The number of nitrogens with one attached hydrogen (secondary N) is 2. The number of aliphatic hydroxyl groups excluding tert-OH is 1. The quantitative estimate of drug-likeness (QED) is 0.555. The zero-order valence-corrected chi connectivity index (χ0v) is 18.4. The molecule has 0 bridgehead atoms. The number of hydrogen-bond acceptors (Lipinski definition) is 7. The molecule has 2 amide bonds. The summed E-state index contributed by atoms with van der Waals surface area (Å²) in [7, 11) is 1.61. The zero-order valence-electron chi connectivity index (χ0n) is 18.4. The number of amides is 2. The van der Waals surface area contributed by atoms with Gasteiger partial charge in [0.2, 0.25) is 12.7 Å². The number of ether oxygens (including phenoxy) is 4. The van der Waals surface area contributed by atoms with Crippen LogP contribution in [0.5, 0.6) is 17.2 Å². The average molecular weight is 456 g/mol. The summed E-state index contributed by atoms with van der Waals surface area (Å²) in [4.78, 5) is 25.0. The summed E-state index contributed by atoms with van der Waals surface area (Å²) < 4.78 is 21.6. The third-order valence-corrected chi connectivity index (χ3v) is 5.81. The van der Waals surface area contributed by atoms with Crippen molar-refractivity contribution in [1.29, 1.82) is 0 Å². The van der Waals surface area contributed by atoms with Crippen LogP contribution in [0.25, 0.3) is 0 Å². The van der Waals surface area contributed by atoms with Crippen molar-refractivity contribution in [3.63, 3.8) is 0 Å². The van der Waals surface area contributed by atoms with Gasteiger partial charge in [-0.2, -0.15) is 0 Å². The Bertz CT molecular complexity index is 979. The molecule has 3 atom stereocenters. The van der Waals surface area contributed by atoms with E-state index in [4.69, 9.17) is 18.9 Å². The first-order valence-electron chi connectivity index (χ1n) is 10.9. The number of carbonyl (C=O) groups excluding carboxylic acids is 2. The maximum absolute atomic E-state index is 12.7. The van der Waals surface area contributed by atoms with Crippen LogP contribution < -0.4 is 24.8 Å². The number of hydrogen-bond donors (Lipinski definition) is 3. The minimum atomic E-state index is -0.587. The Morgan fingerprint density at radius 2 is 1.88 bits per heavy atom. The molecule has 3 N–H and O–H groups in total. The summed E-state index contributed by atoms with van der Waals surface area (Å²) in [6.45, 7) is 0.293. The predicted molar refractivity (Wildman–Crippen MR) is 118 cm³/mol. The van der Waals surface area contributed by atoms with E-state index in [-0.39, 0.29) is 43.8 Å². The maximum atomic E-state index is 12.7. The normalized spacial score (nSPS) is 21.3. The molecule has 0 spiro atoms. The molecule has 2 aliphatic rings. The first-order valence-corrected chi connectivity index (χ1v) is 10.9. The van der Waals surface area contributed by atoms with Gasteiger partial charge >= 0.3 is 0 Å². The van der Waals surface area contributed by atoms with Crippen molar-refractivity contribution in [1.82, 2.24) is 10.6 Å². The Hall–Kier alpha value is -3.30. The van der Waals surface area contributed by atoms with Gasteiger partial charge in [0.15, 0.2) is 11.5 Å². The molecule has 1 saturated heterocycles. The van der Waals surface area contributed by atoms with Gasteiger partial charge in [-0.05, 0) is 48.7 Å². The van der Waals surface area contributed by atoms with E-state index in [9.17, 15) is 14.7 Å². The number of methoxy groups -OCH3 is 1. The van der Waals surface area contributed by atoms with Crippen molar-refractivity contribution < 1.29 is 33.6 Å². The zero-order chi connectivity index (χ0) is 23.2. The monoisotopic (exact) mass is 456 g/mol. The van der Waals surface area contributed by atoms with E-state index in [0.29, 0.717) is 36.4 Å². The van der Waals surface area contributed by atoms with Crippen molar-refractivity contribution >= 4 is 11.8 Å². The van der Waals surface area contributed by atoms with Crippen LogP contribution in [-0.4, -0.2) is 55.7 Å². The van der Waals surface area contributed by atoms with Gasteiger partial charge in [0, 0.05) is 12.1 Å². The van der Waals surface area contributed by atoms with Crippen molar-refractivity contribution in [2.24, 2.45) is 0 Å². The maximum Gasteiger partial charge on any atom is 0.251 e. The fourth-order valence-electron chi connectivity index (χ4n) is 3.96. The molecule has 2 aromatic rings. The van der Waals surface area contributed by atoms with Crippen LogP contribution in [-0.2, 0) is 16.1 Å². The second kappa shape index (κ2) is 10.5. The lowest BCUT2D eigenvalue weighted by Crippen LogP contribution is -2.51. The Morgan fingerprint density at radius 1 is 1.09 bits per heavy atom. The van der Waals surface area contributed by atoms with Crippen LogP contribution in [0.1, 0.15) is 35.2 Å². The topological polar surface area (TPSA) is 115 Å². The van der Waals surface area contributed by atoms with E-state index in [0.717, 1.165) is 11.3 Å². The summed E-state index contributed by atoms with van der Waals surface area (Å²) in [6, 6.07) is 12.1. The van der Waals surface area contributed by atoms with E-state index in [1.165, 1.54) is 0 Å². The standard InChI is InChI=1S/C24H28N2O7/c1-30-17-5-2-15(3-6-17)12-25-23(28)11-18-7-8-19(22(13-27)33-18)26-24(29)16-4-9-20-21(10-16)32-14-31-20/h2-6,9-10,18-19,22,27H,7-8,11-14H2,1H3,(H,25,28)(H,26,29)/t18-,19-,22-/m0/s1. The van der Waals surface area contributed by atoms with Crippen molar-refractivity contribution in [3.8, 4) is 17.2 Å². The minimum absolute atomic E-state index is 0.129. The van der Waals surface area contributed by atoms with E-state index in [1.54, 1.807) is 25.3 Å². The molecule has 0 aromatic heterocycles. The van der Waals surface area contributed by atoms with E-state index in [1.807, 2.05) is 24.3 Å². The third-order valence-electron chi connectivity index (χ3n) is 5.81. The molecule has 0 aliphatic carbocycles. The van der Waals surface area contributed by atoms with Crippen LogP contribution in [0.2, 0.25) is 0 Å². The van der Waals surface area contributed by atoms with Crippen molar-refractivity contribution in [3.05, 3.63) is 53.6 Å². The van der Waals surface area contributed by atoms with Gasteiger partial charge in [-0.25, -0.2) is 0 Å². The molecule has 2 heterocycles. The molecule has 0 saturated carbocycles. The number of carbonyl (C=O) groups is 2. The lowest BCUT2D eigenvalue weighted by Gasteiger charge is -2.36. The molecular formula is C24H28N2O7. The molecular weight excluding hydrogens is 428 g/mol. The fourth-order valence-corrected chi connectivity index (χ4v) is 3.96. The molecule has 1 fully saturated rings. The number of rotatable bonds is 8. The second-order valence-corrected chi connectivity index (χ2v) is 8.03. The lowest BCUT2D eigenvalue weighted by molar-refractivity contribution is -0.131. The van der Waals surface area contributed by atoms with Gasteiger partial charge in [-0.3, -0.25) is 9.59 Å². The number of fused-ring (bicyclic) bond motifs is 1. The summed E-state index contributed by atoms with van der Waals surface area (Å²) in [5.41, 5.74) is 1.41. The van der Waals surface area contributed by atoms with E-state index in [2.05, 4.69) is 10.6 Å². The highest BCUT2D eigenvalue weighted by molar-refractivity contribution is 5.95. The molecule has 33 heavy (non-hydrogen) atoms. The van der Waals surface area contributed by atoms with Crippen LogP contribution in [0.3, 0.4) is 0 Å². The molecule has 2 aliphatic heterocycles. The molecule has 9 nitrogen and oxygen atoms in total. The van der Waals surface area contributed by atoms with Gasteiger partial charge in [0.1, 0.15) is 11.9 Å². The predicted octanol–water partition coefficient (Wildman–Crippen LogP) is 1.77. The lowest BCUT2D eigenvalue weighted by atomic mass is 9.96. The summed E-state index contributed by atoms with van der Waals surface area (Å²) in [5.74, 6) is 1.48. The molecule has 2 aromatic carbocycles. The summed E-state index contributed by atoms with van der Waals surface area (Å²) in [6.07, 6.45) is 0.471. The number of aliphatic hydroxyl groups is 1. The minimum Gasteiger partial charge on any atom is -0.497 e. The molecule has 176 valence electrons. The number of benzene rings is 2. The van der Waals surface area contributed by atoms with E-state index < -0.39 is 6.10 Å². The van der Waals surface area contributed by atoms with Crippen LogP contribution in [0.15, 0.2) is 42.5 Å². The SMILES string of the molecule is COc1ccc(CNC(=O)C[C@@H]2CC[C@H](NC(=O)c3ccc4c(c3)OCO4)[C@H](CO)O2)cc1. The van der Waals surface area contributed by atoms with E-state index >= 15 is 0 Å². The average Bonchev–Trinajstić information content (AvgIpc) is 3.32. The van der Waals surface area contributed by atoms with Crippen LogP contribution in [0.4, 0.5) is 0 Å². The summed E-state index contributed by atoms with van der Waals surface area (Å²) in [5, 5.41) is 15.6. The van der Waals surface area contributed by atoms with Gasteiger partial charge in [0.25, 0.3) is 5.91 Å². The third kappa shape index (κ3) is 5.74. The summed E-state index contributed by atoms with van der Waals surface area (Å²) >= 11 is 0. The van der Waals surface area contributed by atoms with Crippen LogP contribution >= 0.6 is 0 Å². The first kappa shape index (κ1) is 22.9. The van der Waals surface area contributed by atoms with Gasteiger partial charge in [-0.15, -0.1) is 0 Å². The smallest absolute Gasteiger partial charge is 0.251 e. The van der Waals surface area contributed by atoms with Crippen molar-refractivity contribution in [2.75, 3.05) is 20.5 Å². The van der Waals surface area contributed by atoms with Gasteiger partial charge in [0.05, 0.1) is 32.3 Å². The highest BCUT2D eigenvalue weighted by Gasteiger charge is 2.33. The fraction of sp³-hybridized carbons (Fsp3) is 0.417. The molecule has 9 heteroatoms. The molecule has 4 rings (SSSR count). The highest BCUT2D eigenvalue weighted by Crippen LogP contribution is 2.32. The largest absolute Gasteiger partial charge is 0.497 e. The Labute approximate surface area is 192 Å². The Kier molecular flexibility index (Phi) is 7.31. The first-order chi connectivity index (χ1) is 16.1. The molecule has 0 unspecified atom stereocenters.